The summed E-state index contributed by atoms with van der Waals surface area (Å²) in [6, 6.07) is 7.02. The van der Waals surface area contributed by atoms with Crippen LogP contribution in [0.15, 0.2) is 29.6 Å². The number of para-hydroxylation sites is 1. The van der Waals surface area contributed by atoms with E-state index in [1.165, 1.54) is 11.3 Å². The van der Waals surface area contributed by atoms with Crippen molar-refractivity contribution in [3.05, 3.63) is 40.9 Å². The molecule has 4 N–H and O–H groups in total. The van der Waals surface area contributed by atoms with Crippen molar-refractivity contribution in [3.8, 4) is 0 Å². The molecule has 0 atom stereocenters. The predicted molar refractivity (Wildman–Crippen MR) is 69.1 cm³/mol. The molecule has 0 aliphatic heterocycles. The minimum atomic E-state index is -0.229. The number of carbonyl (C=O) groups is 1. The van der Waals surface area contributed by atoms with Crippen molar-refractivity contribution in [3.63, 3.8) is 0 Å². The van der Waals surface area contributed by atoms with Gasteiger partial charge in [-0.25, -0.2) is 4.98 Å². The number of anilines is 2. The Kier molecular flexibility index (Phi) is 3.36. The smallest absolute Gasteiger partial charge is 0.259 e. The second kappa shape index (κ2) is 4.94. The first-order chi connectivity index (χ1) is 8.20. The summed E-state index contributed by atoms with van der Waals surface area (Å²) in [5.41, 5.74) is 4.44. The van der Waals surface area contributed by atoms with E-state index < -0.39 is 0 Å². The SMILES string of the molecule is Cc1csc(NC(=O)c2ccccc2NN)n1. The van der Waals surface area contributed by atoms with Crippen LogP contribution in [0, 0.1) is 6.92 Å². The van der Waals surface area contributed by atoms with Gasteiger partial charge in [-0.15, -0.1) is 11.3 Å². The average Bonchev–Trinajstić information content (AvgIpc) is 2.74. The van der Waals surface area contributed by atoms with Crippen molar-refractivity contribution in [2.75, 3.05) is 10.7 Å². The van der Waals surface area contributed by atoms with Crippen molar-refractivity contribution in [1.82, 2.24) is 4.98 Å². The highest BCUT2D eigenvalue weighted by Crippen LogP contribution is 2.18. The van der Waals surface area contributed by atoms with Gasteiger partial charge in [-0.05, 0) is 19.1 Å². The van der Waals surface area contributed by atoms with Crippen molar-refractivity contribution >= 4 is 28.1 Å². The predicted octanol–water partition coefficient (Wildman–Crippen LogP) is 1.99. The van der Waals surface area contributed by atoms with Crippen LogP contribution in [0.4, 0.5) is 10.8 Å². The van der Waals surface area contributed by atoms with Crippen LogP contribution < -0.4 is 16.6 Å². The van der Waals surface area contributed by atoms with Crippen LogP contribution in [0.2, 0.25) is 0 Å². The van der Waals surface area contributed by atoms with E-state index in [4.69, 9.17) is 5.84 Å². The van der Waals surface area contributed by atoms with Gasteiger partial charge in [0.05, 0.1) is 16.9 Å². The molecule has 0 fully saturated rings. The van der Waals surface area contributed by atoms with Crippen molar-refractivity contribution < 1.29 is 4.79 Å². The first-order valence-electron chi connectivity index (χ1n) is 5.00. The Hall–Kier alpha value is -1.92. The second-order valence-corrected chi connectivity index (χ2v) is 4.30. The van der Waals surface area contributed by atoms with Crippen LogP contribution in [0.1, 0.15) is 16.1 Å². The van der Waals surface area contributed by atoms with Gasteiger partial charge in [0.2, 0.25) is 0 Å². The zero-order chi connectivity index (χ0) is 12.3. The van der Waals surface area contributed by atoms with E-state index in [2.05, 4.69) is 15.7 Å². The minimum Gasteiger partial charge on any atom is -0.323 e. The fraction of sp³-hybridized carbons (Fsp3) is 0.0909. The van der Waals surface area contributed by atoms with Gasteiger partial charge in [-0.3, -0.25) is 16.0 Å². The summed E-state index contributed by atoms with van der Waals surface area (Å²) in [5, 5.41) is 5.19. The normalized spacial score (nSPS) is 10.0. The van der Waals surface area contributed by atoms with Crippen LogP contribution >= 0.6 is 11.3 Å². The molecular weight excluding hydrogens is 236 g/mol. The lowest BCUT2D eigenvalue weighted by atomic mass is 10.1. The summed E-state index contributed by atoms with van der Waals surface area (Å²) in [6.07, 6.45) is 0. The standard InChI is InChI=1S/C11H12N4OS/c1-7-6-17-11(13-7)14-10(16)8-4-2-3-5-9(8)15-12/h2-6,15H,12H2,1H3,(H,13,14,16). The fourth-order valence-electron chi connectivity index (χ4n) is 1.38. The Labute approximate surface area is 103 Å². The minimum absolute atomic E-state index is 0.229. The Morgan fingerprint density at radius 2 is 2.18 bits per heavy atom. The number of thiazole rings is 1. The van der Waals surface area contributed by atoms with E-state index >= 15 is 0 Å². The van der Waals surface area contributed by atoms with Gasteiger partial charge in [0.25, 0.3) is 5.91 Å². The fourth-order valence-corrected chi connectivity index (χ4v) is 2.07. The second-order valence-electron chi connectivity index (χ2n) is 3.44. The molecule has 1 amide bonds. The Morgan fingerprint density at radius 1 is 1.41 bits per heavy atom. The third-order valence-electron chi connectivity index (χ3n) is 2.17. The van der Waals surface area contributed by atoms with Gasteiger partial charge < -0.3 is 5.43 Å². The van der Waals surface area contributed by atoms with Crippen molar-refractivity contribution in [1.29, 1.82) is 0 Å². The lowest BCUT2D eigenvalue weighted by Gasteiger charge is -2.07. The number of nitrogens with one attached hydrogen (secondary N) is 2. The van der Waals surface area contributed by atoms with Gasteiger partial charge in [-0.2, -0.15) is 0 Å². The first-order valence-corrected chi connectivity index (χ1v) is 5.88. The van der Waals surface area contributed by atoms with Crippen LogP contribution in [-0.2, 0) is 0 Å². The Balaban J connectivity index is 2.20. The number of hydrogen-bond donors (Lipinski definition) is 3. The number of carbonyl (C=O) groups excluding carboxylic acids is 1. The van der Waals surface area contributed by atoms with E-state index in [0.717, 1.165) is 5.69 Å². The molecule has 0 aliphatic rings. The van der Waals surface area contributed by atoms with Gasteiger partial charge in [0, 0.05) is 5.38 Å². The van der Waals surface area contributed by atoms with Gasteiger partial charge in [0.15, 0.2) is 5.13 Å². The number of benzene rings is 1. The molecule has 0 saturated carbocycles. The van der Waals surface area contributed by atoms with Crippen LogP contribution in [0.5, 0.6) is 0 Å². The quantitative estimate of drug-likeness (QED) is 0.573. The van der Waals surface area contributed by atoms with E-state index in [1.807, 2.05) is 12.3 Å². The highest BCUT2D eigenvalue weighted by molar-refractivity contribution is 7.13. The van der Waals surface area contributed by atoms with Crippen LogP contribution in [0.25, 0.3) is 0 Å². The van der Waals surface area contributed by atoms with Gasteiger partial charge >= 0.3 is 0 Å². The maximum Gasteiger partial charge on any atom is 0.259 e. The van der Waals surface area contributed by atoms with Gasteiger partial charge in [0.1, 0.15) is 0 Å². The van der Waals surface area contributed by atoms with Crippen LogP contribution in [0.3, 0.4) is 0 Å². The maximum absolute atomic E-state index is 12.0. The summed E-state index contributed by atoms with van der Waals surface area (Å²) in [4.78, 5) is 16.1. The number of aryl methyl sites for hydroxylation is 1. The highest BCUT2D eigenvalue weighted by atomic mass is 32.1. The molecule has 0 aliphatic carbocycles. The number of nitrogen functional groups attached to an aromatic ring is 1. The lowest BCUT2D eigenvalue weighted by molar-refractivity contribution is 0.102. The molecule has 5 nitrogen and oxygen atoms in total. The molecule has 1 heterocycles. The number of hydrazine groups is 1. The van der Waals surface area contributed by atoms with Crippen molar-refractivity contribution in [2.24, 2.45) is 5.84 Å². The summed E-state index contributed by atoms with van der Waals surface area (Å²) in [6.45, 7) is 1.88. The third-order valence-corrected chi connectivity index (χ3v) is 3.04. The zero-order valence-corrected chi connectivity index (χ0v) is 10.0. The molecule has 0 spiro atoms. The first kappa shape index (κ1) is 11.6. The Bertz CT molecular complexity index is 538. The van der Waals surface area contributed by atoms with E-state index in [-0.39, 0.29) is 5.91 Å². The summed E-state index contributed by atoms with van der Waals surface area (Å²) in [7, 11) is 0. The van der Waals surface area contributed by atoms with E-state index in [1.54, 1.807) is 24.3 Å². The molecule has 2 aromatic rings. The molecule has 0 unspecified atom stereocenters. The molecule has 0 radical (unpaired) electrons. The number of amides is 1. The summed E-state index contributed by atoms with van der Waals surface area (Å²) < 4.78 is 0. The molecule has 1 aromatic carbocycles. The largest absolute Gasteiger partial charge is 0.323 e. The molecule has 0 bridgehead atoms. The topological polar surface area (TPSA) is 80.0 Å². The van der Waals surface area contributed by atoms with E-state index in [9.17, 15) is 4.79 Å². The maximum atomic E-state index is 12.0. The number of aromatic nitrogens is 1. The number of hydrogen-bond acceptors (Lipinski definition) is 5. The molecule has 17 heavy (non-hydrogen) atoms. The third kappa shape index (κ3) is 2.61. The van der Waals surface area contributed by atoms with Crippen molar-refractivity contribution in [2.45, 2.75) is 6.92 Å². The van der Waals surface area contributed by atoms with Crippen LogP contribution in [-0.4, -0.2) is 10.9 Å². The molecule has 0 saturated heterocycles. The molecule has 6 heteroatoms. The Morgan fingerprint density at radius 3 is 2.82 bits per heavy atom. The lowest BCUT2D eigenvalue weighted by Crippen LogP contribution is -2.17. The highest BCUT2D eigenvalue weighted by Gasteiger charge is 2.11. The number of nitrogens with zero attached hydrogens (tertiary/aromatic N) is 1. The number of nitrogens with two attached hydrogens (primary N) is 1. The monoisotopic (exact) mass is 248 g/mol. The van der Waals surface area contributed by atoms with E-state index in [0.29, 0.717) is 16.4 Å². The molecular formula is C11H12N4OS. The molecule has 88 valence electrons. The number of rotatable bonds is 3. The molecule has 2 rings (SSSR count). The zero-order valence-electron chi connectivity index (χ0n) is 9.23. The average molecular weight is 248 g/mol. The summed E-state index contributed by atoms with van der Waals surface area (Å²) >= 11 is 1.39. The summed E-state index contributed by atoms with van der Waals surface area (Å²) in [5.74, 6) is 5.11. The van der Waals surface area contributed by atoms with Gasteiger partial charge in [-0.1, -0.05) is 12.1 Å². The molecule has 1 aromatic heterocycles.